The highest BCUT2D eigenvalue weighted by atomic mass is 16.4. The van der Waals surface area contributed by atoms with Crippen molar-refractivity contribution in [1.82, 2.24) is 5.43 Å². The van der Waals surface area contributed by atoms with Gasteiger partial charge in [0.05, 0.1) is 0 Å². The Morgan fingerprint density at radius 2 is 2.00 bits per heavy atom. The molecule has 5 heteroatoms. The Kier molecular flexibility index (Phi) is 10.1. The van der Waals surface area contributed by atoms with Crippen molar-refractivity contribution in [3.63, 3.8) is 0 Å². The van der Waals surface area contributed by atoms with E-state index in [1.54, 1.807) is 13.8 Å². The lowest BCUT2D eigenvalue weighted by molar-refractivity contribution is -0.136. The van der Waals surface area contributed by atoms with Crippen LogP contribution in [0.2, 0.25) is 0 Å². The molecule has 0 aromatic rings. The van der Waals surface area contributed by atoms with Crippen molar-refractivity contribution in [1.29, 1.82) is 0 Å². The van der Waals surface area contributed by atoms with Gasteiger partial charge in [-0.1, -0.05) is 6.92 Å². The highest BCUT2D eigenvalue weighted by molar-refractivity contribution is 5.66. The summed E-state index contributed by atoms with van der Waals surface area (Å²) in [4.78, 5) is 9.37. The number of aliphatic carboxylic acids is 1. The van der Waals surface area contributed by atoms with E-state index < -0.39 is 12.2 Å². The first-order valence-corrected chi connectivity index (χ1v) is 2.90. The molecular formula is C5H14N2O3. The largest absolute Gasteiger partial charge is 0.481 e. The number of carbonyl (C=O) groups is 1. The number of aliphatic hydroxyl groups excluding tert-OH is 1. The van der Waals surface area contributed by atoms with E-state index in [1.807, 2.05) is 0 Å². The molecule has 1 unspecified atom stereocenters. The van der Waals surface area contributed by atoms with Gasteiger partial charge in [-0.15, -0.1) is 0 Å². The summed E-state index contributed by atoms with van der Waals surface area (Å²) in [6.07, 6.45) is -0.366. The Balaban J connectivity index is 0. The molecule has 62 valence electrons. The van der Waals surface area contributed by atoms with Crippen LogP contribution in [0.15, 0.2) is 0 Å². The summed E-state index contributed by atoms with van der Waals surface area (Å²) in [5.74, 6) is 3.93. The van der Waals surface area contributed by atoms with E-state index in [9.17, 15) is 4.79 Å². The summed E-state index contributed by atoms with van der Waals surface area (Å²) in [7, 11) is 0. The smallest absolute Gasteiger partial charge is 0.303 e. The van der Waals surface area contributed by atoms with Gasteiger partial charge in [0.25, 0.3) is 0 Å². The maximum absolute atomic E-state index is 9.37. The Labute approximate surface area is 59.8 Å². The monoisotopic (exact) mass is 150 g/mol. The molecule has 0 saturated heterocycles. The lowest BCUT2D eigenvalue weighted by Gasteiger charge is -1.94. The summed E-state index contributed by atoms with van der Waals surface area (Å²) >= 11 is 0. The molecular weight excluding hydrogens is 136 g/mol. The molecule has 0 heterocycles. The number of rotatable bonds is 2. The standard InChI is InChI=1S/C3H6O2.C2H8N2O/c1-2-3(4)5;1-2(5)4-3/h2H2,1H3,(H,4,5);2,4-5H,3H2,1H3. The minimum absolute atomic E-state index is 0.222. The molecule has 0 saturated carbocycles. The van der Waals surface area contributed by atoms with Crippen LogP contribution in [0.1, 0.15) is 20.3 Å². The summed E-state index contributed by atoms with van der Waals surface area (Å²) in [6, 6.07) is 0. The number of hydrazine groups is 1. The summed E-state index contributed by atoms with van der Waals surface area (Å²) in [6.45, 7) is 3.14. The van der Waals surface area contributed by atoms with Crippen LogP contribution in [0.3, 0.4) is 0 Å². The molecule has 0 spiro atoms. The number of hydrogen-bond donors (Lipinski definition) is 4. The second-order valence-corrected chi connectivity index (χ2v) is 1.59. The fraction of sp³-hybridized carbons (Fsp3) is 0.800. The van der Waals surface area contributed by atoms with Crippen molar-refractivity contribution >= 4 is 5.97 Å². The number of nitrogens with one attached hydrogen (secondary N) is 1. The first-order chi connectivity index (χ1) is 4.54. The van der Waals surface area contributed by atoms with Gasteiger partial charge in [0.2, 0.25) is 0 Å². The van der Waals surface area contributed by atoms with Crippen molar-refractivity contribution in [3.8, 4) is 0 Å². The molecule has 0 rings (SSSR count). The second kappa shape index (κ2) is 8.35. The van der Waals surface area contributed by atoms with Gasteiger partial charge >= 0.3 is 5.97 Å². The SMILES string of the molecule is CC(O)NN.CCC(=O)O. The van der Waals surface area contributed by atoms with Crippen LogP contribution in [-0.4, -0.2) is 22.4 Å². The predicted octanol–water partition coefficient (Wildman–Crippen LogP) is -0.731. The fourth-order valence-corrected chi connectivity index (χ4v) is 0. The molecule has 0 amide bonds. The van der Waals surface area contributed by atoms with Gasteiger partial charge < -0.3 is 10.2 Å². The van der Waals surface area contributed by atoms with Crippen LogP contribution in [0.25, 0.3) is 0 Å². The summed E-state index contributed by atoms with van der Waals surface area (Å²) in [5.41, 5.74) is 2.08. The number of hydrogen-bond acceptors (Lipinski definition) is 4. The molecule has 0 aliphatic heterocycles. The predicted molar refractivity (Wildman–Crippen MR) is 36.9 cm³/mol. The minimum atomic E-state index is -0.745. The molecule has 0 aromatic heterocycles. The zero-order chi connectivity index (χ0) is 8.57. The molecule has 0 bridgehead atoms. The number of carboxylic acid groups (broad SMARTS) is 1. The van der Waals surface area contributed by atoms with Gasteiger partial charge in [0.15, 0.2) is 0 Å². The maximum Gasteiger partial charge on any atom is 0.303 e. The normalized spacial score (nSPS) is 11.2. The lowest BCUT2D eigenvalue weighted by atomic mass is 10.5. The Morgan fingerprint density at radius 3 is 2.00 bits per heavy atom. The zero-order valence-corrected chi connectivity index (χ0v) is 6.16. The molecule has 0 radical (unpaired) electrons. The summed E-state index contributed by atoms with van der Waals surface area (Å²) < 4.78 is 0. The maximum atomic E-state index is 9.37. The molecule has 5 N–H and O–H groups in total. The Hall–Kier alpha value is -0.650. The van der Waals surface area contributed by atoms with Crippen LogP contribution < -0.4 is 11.3 Å². The van der Waals surface area contributed by atoms with E-state index in [1.165, 1.54) is 0 Å². The van der Waals surface area contributed by atoms with Crippen molar-refractivity contribution < 1.29 is 15.0 Å². The average molecular weight is 150 g/mol. The first kappa shape index (κ1) is 12.1. The van der Waals surface area contributed by atoms with Crippen LogP contribution in [0.5, 0.6) is 0 Å². The molecule has 0 aromatic carbocycles. The van der Waals surface area contributed by atoms with Gasteiger partial charge in [-0.3, -0.25) is 10.6 Å². The molecule has 0 aliphatic carbocycles. The quantitative estimate of drug-likeness (QED) is 0.236. The molecule has 0 fully saturated rings. The van der Waals surface area contributed by atoms with Crippen LogP contribution >= 0.6 is 0 Å². The van der Waals surface area contributed by atoms with Crippen LogP contribution in [0, 0.1) is 0 Å². The van der Waals surface area contributed by atoms with Crippen molar-refractivity contribution in [2.75, 3.05) is 0 Å². The van der Waals surface area contributed by atoms with E-state index in [-0.39, 0.29) is 6.42 Å². The number of aliphatic hydroxyl groups is 1. The van der Waals surface area contributed by atoms with Crippen molar-refractivity contribution in [2.45, 2.75) is 26.5 Å². The molecule has 1 atom stereocenters. The highest BCUT2D eigenvalue weighted by Gasteiger charge is 1.80. The highest BCUT2D eigenvalue weighted by Crippen LogP contribution is 1.67. The van der Waals surface area contributed by atoms with Crippen molar-refractivity contribution in [2.24, 2.45) is 5.84 Å². The number of carboxylic acids is 1. The van der Waals surface area contributed by atoms with Crippen molar-refractivity contribution in [3.05, 3.63) is 0 Å². The van der Waals surface area contributed by atoms with E-state index in [0.29, 0.717) is 0 Å². The third-order valence-corrected chi connectivity index (χ3v) is 0.544. The third-order valence-electron chi connectivity index (χ3n) is 0.544. The van der Waals surface area contributed by atoms with Gasteiger partial charge in [-0.2, -0.15) is 0 Å². The second-order valence-electron chi connectivity index (χ2n) is 1.59. The molecule has 10 heavy (non-hydrogen) atoms. The minimum Gasteiger partial charge on any atom is -0.481 e. The lowest BCUT2D eigenvalue weighted by Crippen LogP contribution is -2.31. The van der Waals surface area contributed by atoms with Crippen LogP contribution in [0.4, 0.5) is 0 Å². The Morgan fingerprint density at radius 1 is 1.80 bits per heavy atom. The zero-order valence-electron chi connectivity index (χ0n) is 6.16. The average Bonchev–Trinajstić information content (AvgIpc) is 1.89. The third kappa shape index (κ3) is 26.4. The van der Waals surface area contributed by atoms with E-state index in [4.69, 9.17) is 10.2 Å². The summed E-state index contributed by atoms with van der Waals surface area (Å²) in [5, 5.41) is 15.8. The first-order valence-electron chi connectivity index (χ1n) is 2.90. The van der Waals surface area contributed by atoms with Gasteiger partial charge in [0.1, 0.15) is 6.23 Å². The van der Waals surface area contributed by atoms with Gasteiger partial charge in [-0.25, -0.2) is 5.43 Å². The van der Waals surface area contributed by atoms with Gasteiger partial charge in [0, 0.05) is 6.42 Å². The van der Waals surface area contributed by atoms with E-state index in [0.717, 1.165) is 0 Å². The number of nitrogens with two attached hydrogens (primary N) is 1. The van der Waals surface area contributed by atoms with Gasteiger partial charge in [-0.05, 0) is 6.92 Å². The molecule has 5 nitrogen and oxygen atoms in total. The van der Waals surface area contributed by atoms with Crippen LogP contribution in [-0.2, 0) is 4.79 Å². The Bertz CT molecular complexity index is 85.0. The fourth-order valence-electron chi connectivity index (χ4n) is 0. The van der Waals surface area contributed by atoms with E-state index in [2.05, 4.69) is 11.3 Å². The molecule has 0 aliphatic rings. The van der Waals surface area contributed by atoms with E-state index >= 15 is 0 Å². The topological polar surface area (TPSA) is 95.6 Å².